The molecule has 102 valence electrons. The van der Waals surface area contributed by atoms with Crippen molar-refractivity contribution in [2.24, 2.45) is 5.73 Å². The van der Waals surface area contributed by atoms with Crippen LogP contribution in [0.25, 0.3) is 0 Å². The molecule has 2 aromatic rings. The molecule has 0 aliphatic carbocycles. The Morgan fingerprint density at radius 1 is 1.21 bits per heavy atom. The van der Waals surface area contributed by atoms with Crippen molar-refractivity contribution in [1.29, 1.82) is 0 Å². The molecule has 1 nitrogen and oxygen atoms in total. The van der Waals surface area contributed by atoms with E-state index in [9.17, 15) is 13.2 Å². The van der Waals surface area contributed by atoms with Crippen LogP contribution in [0.5, 0.6) is 0 Å². The van der Waals surface area contributed by atoms with E-state index >= 15 is 0 Å². The van der Waals surface area contributed by atoms with Gasteiger partial charge >= 0.3 is 6.18 Å². The maximum absolute atomic E-state index is 12.7. The Morgan fingerprint density at radius 3 is 2.42 bits per heavy atom. The highest BCUT2D eigenvalue weighted by molar-refractivity contribution is 9.10. The molecule has 0 bridgehead atoms. The second-order valence-electron chi connectivity index (χ2n) is 4.14. The largest absolute Gasteiger partial charge is 0.416 e. The van der Waals surface area contributed by atoms with Crippen LogP contribution in [0.4, 0.5) is 13.2 Å². The van der Waals surface area contributed by atoms with Gasteiger partial charge in [-0.25, -0.2) is 0 Å². The highest BCUT2D eigenvalue weighted by Gasteiger charge is 2.31. The monoisotopic (exact) mass is 349 g/mol. The molecule has 0 radical (unpaired) electrons. The SMILES string of the molecule is Cc1sccc1C(N)c1cc(C(F)(F)F)ccc1Br. The molecule has 0 amide bonds. The first-order valence-electron chi connectivity index (χ1n) is 5.47. The van der Waals surface area contributed by atoms with E-state index in [1.54, 1.807) is 0 Å². The normalized spacial score (nSPS) is 13.6. The molecule has 1 aromatic carbocycles. The summed E-state index contributed by atoms with van der Waals surface area (Å²) in [6, 6.07) is 4.81. The molecule has 19 heavy (non-hydrogen) atoms. The van der Waals surface area contributed by atoms with Crippen molar-refractivity contribution < 1.29 is 13.2 Å². The Kier molecular flexibility index (Phi) is 4.03. The summed E-state index contributed by atoms with van der Waals surface area (Å²) >= 11 is 4.79. The molecule has 1 heterocycles. The molecule has 0 spiro atoms. The molecule has 0 aliphatic heterocycles. The van der Waals surface area contributed by atoms with Crippen molar-refractivity contribution in [3.8, 4) is 0 Å². The molecular weight excluding hydrogens is 339 g/mol. The zero-order valence-corrected chi connectivity index (χ0v) is 12.4. The maximum Gasteiger partial charge on any atom is 0.416 e. The van der Waals surface area contributed by atoms with Gasteiger partial charge in [0, 0.05) is 9.35 Å². The molecular formula is C13H11BrF3NS. The highest BCUT2D eigenvalue weighted by Crippen LogP contribution is 2.36. The van der Waals surface area contributed by atoms with Crippen LogP contribution in [-0.2, 0) is 6.18 Å². The lowest BCUT2D eigenvalue weighted by atomic mass is 9.98. The van der Waals surface area contributed by atoms with Crippen LogP contribution in [0.15, 0.2) is 34.1 Å². The molecule has 1 unspecified atom stereocenters. The lowest BCUT2D eigenvalue weighted by molar-refractivity contribution is -0.137. The fourth-order valence-corrected chi connectivity index (χ4v) is 3.09. The third kappa shape index (κ3) is 3.01. The van der Waals surface area contributed by atoms with Gasteiger partial charge in [-0.15, -0.1) is 11.3 Å². The van der Waals surface area contributed by atoms with Gasteiger partial charge in [-0.05, 0) is 47.7 Å². The molecule has 0 saturated carbocycles. The minimum absolute atomic E-state index is 0.441. The third-order valence-electron chi connectivity index (χ3n) is 2.89. The first kappa shape index (κ1) is 14.6. The van der Waals surface area contributed by atoms with Gasteiger partial charge in [0.1, 0.15) is 0 Å². The fraction of sp³-hybridized carbons (Fsp3) is 0.231. The van der Waals surface area contributed by atoms with E-state index in [0.29, 0.717) is 10.0 Å². The Balaban J connectivity index is 2.47. The summed E-state index contributed by atoms with van der Waals surface area (Å²) in [5.74, 6) is 0. The van der Waals surface area contributed by atoms with Crippen LogP contribution < -0.4 is 5.73 Å². The summed E-state index contributed by atoms with van der Waals surface area (Å²) in [5, 5.41) is 1.88. The van der Waals surface area contributed by atoms with Crippen molar-refractivity contribution in [2.45, 2.75) is 19.1 Å². The van der Waals surface area contributed by atoms with Crippen molar-refractivity contribution in [2.75, 3.05) is 0 Å². The quantitative estimate of drug-likeness (QED) is 0.820. The molecule has 6 heteroatoms. The Bertz CT molecular complexity index is 592. The Morgan fingerprint density at radius 2 is 1.89 bits per heavy atom. The highest BCUT2D eigenvalue weighted by atomic mass is 79.9. The van der Waals surface area contributed by atoms with E-state index in [0.717, 1.165) is 22.6 Å². The summed E-state index contributed by atoms with van der Waals surface area (Å²) in [6.45, 7) is 1.90. The number of halogens is 4. The summed E-state index contributed by atoms with van der Waals surface area (Å²) in [7, 11) is 0. The van der Waals surface area contributed by atoms with Gasteiger partial charge < -0.3 is 5.73 Å². The van der Waals surface area contributed by atoms with Crippen LogP contribution in [-0.4, -0.2) is 0 Å². The standard InChI is InChI=1S/C13H11BrF3NS/c1-7-9(4-5-19-7)12(18)10-6-8(13(15,16)17)2-3-11(10)14/h2-6,12H,18H2,1H3. The molecule has 0 aliphatic rings. The number of aryl methyl sites for hydroxylation is 1. The predicted molar refractivity (Wildman–Crippen MR) is 74.2 cm³/mol. The van der Waals surface area contributed by atoms with Crippen LogP contribution in [0, 0.1) is 6.92 Å². The molecule has 1 aromatic heterocycles. The summed E-state index contributed by atoms with van der Waals surface area (Å²) < 4.78 is 38.8. The van der Waals surface area contributed by atoms with E-state index in [-0.39, 0.29) is 0 Å². The number of alkyl halides is 3. The zero-order valence-electron chi connectivity index (χ0n) is 9.96. The molecule has 0 fully saturated rings. The Labute approximate surface area is 121 Å². The third-order valence-corrected chi connectivity index (χ3v) is 4.48. The van der Waals surface area contributed by atoms with E-state index in [1.807, 2.05) is 18.4 Å². The summed E-state index contributed by atoms with van der Waals surface area (Å²) in [6.07, 6.45) is -4.36. The number of thiophene rings is 1. The minimum atomic E-state index is -4.36. The van der Waals surface area contributed by atoms with Crippen LogP contribution in [0.2, 0.25) is 0 Å². The van der Waals surface area contributed by atoms with Crippen molar-refractivity contribution in [1.82, 2.24) is 0 Å². The second kappa shape index (κ2) is 5.26. The summed E-state index contributed by atoms with van der Waals surface area (Å²) in [5.41, 5.74) is 6.69. The van der Waals surface area contributed by atoms with Crippen molar-refractivity contribution in [3.05, 3.63) is 55.7 Å². The molecule has 2 rings (SSSR count). The van der Waals surface area contributed by atoms with Gasteiger partial charge in [-0.1, -0.05) is 15.9 Å². The van der Waals surface area contributed by atoms with Crippen molar-refractivity contribution in [3.63, 3.8) is 0 Å². The Hall–Kier alpha value is -0.850. The zero-order chi connectivity index (χ0) is 14.2. The number of hydrogen-bond acceptors (Lipinski definition) is 2. The fourth-order valence-electron chi connectivity index (χ4n) is 1.84. The average Bonchev–Trinajstić information content (AvgIpc) is 2.73. The van der Waals surface area contributed by atoms with Gasteiger partial charge in [0.25, 0.3) is 0 Å². The van der Waals surface area contributed by atoms with Crippen LogP contribution in [0.1, 0.15) is 27.6 Å². The van der Waals surface area contributed by atoms with Gasteiger partial charge in [0.2, 0.25) is 0 Å². The van der Waals surface area contributed by atoms with E-state index in [1.165, 1.54) is 17.4 Å². The predicted octanol–water partition coefficient (Wildman–Crippen LogP) is 4.89. The first-order valence-corrected chi connectivity index (χ1v) is 7.14. The summed E-state index contributed by atoms with van der Waals surface area (Å²) in [4.78, 5) is 1.01. The number of nitrogens with two attached hydrogens (primary N) is 1. The average molecular weight is 350 g/mol. The minimum Gasteiger partial charge on any atom is -0.320 e. The van der Waals surface area contributed by atoms with Gasteiger partial charge in [0.05, 0.1) is 11.6 Å². The van der Waals surface area contributed by atoms with Gasteiger partial charge in [-0.3, -0.25) is 0 Å². The van der Waals surface area contributed by atoms with Crippen LogP contribution >= 0.6 is 27.3 Å². The second-order valence-corrected chi connectivity index (χ2v) is 6.12. The number of benzene rings is 1. The van der Waals surface area contributed by atoms with E-state index in [4.69, 9.17) is 5.73 Å². The van der Waals surface area contributed by atoms with Gasteiger partial charge in [0.15, 0.2) is 0 Å². The van der Waals surface area contributed by atoms with E-state index in [2.05, 4.69) is 15.9 Å². The number of hydrogen-bond donors (Lipinski definition) is 1. The first-order chi connectivity index (χ1) is 8.80. The molecule has 1 atom stereocenters. The van der Waals surface area contributed by atoms with E-state index < -0.39 is 17.8 Å². The maximum atomic E-state index is 12.7. The van der Waals surface area contributed by atoms with Crippen LogP contribution in [0.3, 0.4) is 0 Å². The lowest BCUT2D eigenvalue weighted by Crippen LogP contribution is -2.14. The topological polar surface area (TPSA) is 26.0 Å². The molecule has 0 saturated heterocycles. The molecule has 2 N–H and O–H groups in total. The smallest absolute Gasteiger partial charge is 0.320 e. The number of rotatable bonds is 2. The lowest BCUT2D eigenvalue weighted by Gasteiger charge is -2.16. The van der Waals surface area contributed by atoms with Crippen molar-refractivity contribution >= 4 is 27.3 Å². The van der Waals surface area contributed by atoms with Gasteiger partial charge in [-0.2, -0.15) is 13.2 Å².